The minimum atomic E-state index is -2.03. The quantitative estimate of drug-likeness (QED) is 0.465. The first-order valence-corrected chi connectivity index (χ1v) is 7.30. The van der Waals surface area contributed by atoms with Crippen molar-refractivity contribution in [3.8, 4) is 0 Å². The highest BCUT2D eigenvalue weighted by Gasteiger charge is 2.24. The number of rotatable bonds is 3. The Morgan fingerprint density at radius 2 is 2.00 bits per heavy atom. The monoisotopic (exact) mass is 182 g/mol. The normalized spacial score (nSPS) is 12.1. The number of hydrogen-bond acceptors (Lipinski definition) is 0. The summed E-state index contributed by atoms with van der Waals surface area (Å²) in [7, 11) is 0. The first kappa shape index (κ1) is 9.54. The molecule has 0 fully saturated rings. The first-order valence-electron chi connectivity index (χ1n) is 2.99. The molecule has 0 rings (SSSR count). The van der Waals surface area contributed by atoms with Gasteiger partial charge in [0, 0.05) is 0 Å². The van der Waals surface area contributed by atoms with E-state index in [9.17, 15) is 0 Å². The van der Waals surface area contributed by atoms with Gasteiger partial charge in [0.2, 0.25) is 0 Å². The molecule has 0 aromatic carbocycles. The van der Waals surface area contributed by atoms with Crippen molar-refractivity contribution in [1.29, 1.82) is 0 Å². The highest BCUT2D eigenvalue weighted by atomic mass is 35.7. The maximum absolute atomic E-state index is 5.90. The minimum absolute atomic E-state index is 0.574. The zero-order valence-corrected chi connectivity index (χ0v) is 8.34. The van der Waals surface area contributed by atoms with E-state index >= 15 is 0 Å². The van der Waals surface area contributed by atoms with Crippen LogP contribution in [0.2, 0.25) is 6.04 Å². The van der Waals surface area contributed by atoms with Gasteiger partial charge in [-0.05, 0) is 12.0 Å². The molecule has 0 radical (unpaired) electrons. The lowest BCUT2D eigenvalue weighted by atomic mass is 10.3. The molecule has 0 aliphatic carbocycles. The van der Waals surface area contributed by atoms with Gasteiger partial charge in [-0.15, -0.1) is 28.7 Å². The maximum Gasteiger partial charge on any atom is 0.273 e. The Morgan fingerprint density at radius 3 is 2.11 bits per heavy atom. The zero-order chi connectivity index (χ0) is 7.49. The third-order valence-electron chi connectivity index (χ3n) is 0.979. The fourth-order valence-corrected chi connectivity index (χ4v) is 3.73. The molecule has 0 amide bonds. The van der Waals surface area contributed by atoms with E-state index in [-0.39, 0.29) is 0 Å². The molecular formula is C6H12Cl2Si. The Bertz CT molecular complexity index is 99.2. The van der Waals surface area contributed by atoms with E-state index < -0.39 is 6.69 Å². The van der Waals surface area contributed by atoms with Gasteiger partial charge >= 0.3 is 0 Å². The molecule has 54 valence electrons. The fourth-order valence-electron chi connectivity index (χ4n) is 0.628. The van der Waals surface area contributed by atoms with Crippen molar-refractivity contribution >= 4 is 28.9 Å². The Morgan fingerprint density at radius 1 is 1.56 bits per heavy atom. The fraction of sp³-hybridized carbons (Fsp3) is 0.667. The van der Waals surface area contributed by atoms with Gasteiger partial charge in [-0.1, -0.05) is 19.5 Å². The van der Waals surface area contributed by atoms with Crippen LogP contribution in [-0.2, 0) is 0 Å². The van der Waals surface area contributed by atoms with E-state index in [1.54, 1.807) is 5.70 Å². The second-order valence-electron chi connectivity index (χ2n) is 2.56. The SMILES string of the molecule is C=C[Si](Cl)(Cl)CC(C)C. The van der Waals surface area contributed by atoms with Crippen LogP contribution in [0.3, 0.4) is 0 Å². The van der Waals surface area contributed by atoms with E-state index in [0.717, 1.165) is 6.04 Å². The first-order chi connectivity index (χ1) is 3.98. The van der Waals surface area contributed by atoms with Crippen molar-refractivity contribution in [3.63, 3.8) is 0 Å². The molecule has 3 heteroatoms. The van der Waals surface area contributed by atoms with E-state index in [2.05, 4.69) is 20.4 Å². The summed E-state index contributed by atoms with van der Waals surface area (Å²) in [5.41, 5.74) is 1.70. The zero-order valence-electron chi connectivity index (χ0n) is 5.82. The molecule has 0 bridgehead atoms. The molecule has 0 unspecified atom stereocenters. The van der Waals surface area contributed by atoms with Gasteiger partial charge in [0.25, 0.3) is 6.69 Å². The second-order valence-corrected chi connectivity index (χ2v) is 9.53. The highest BCUT2D eigenvalue weighted by molar-refractivity contribution is 7.47. The molecular weight excluding hydrogens is 171 g/mol. The third kappa shape index (κ3) is 5.01. The lowest BCUT2D eigenvalue weighted by Gasteiger charge is -2.12. The van der Waals surface area contributed by atoms with E-state index in [4.69, 9.17) is 22.2 Å². The van der Waals surface area contributed by atoms with Crippen molar-refractivity contribution in [1.82, 2.24) is 0 Å². The van der Waals surface area contributed by atoms with E-state index in [0.29, 0.717) is 5.92 Å². The minimum Gasteiger partial charge on any atom is -0.140 e. The van der Waals surface area contributed by atoms with E-state index in [1.807, 2.05) is 0 Å². The lowest BCUT2D eigenvalue weighted by Crippen LogP contribution is -2.17. The largest absolute Gasteiger partial charge is 0.273 e. The van der Waals surface area contributed by atoms with Gasteiger partial charge in [-0.3, -0.25) is 0 Å². The van der Waals surface area contributed by atoms with Crippen LogP contribution in [0.5, 0.6) is 0 Å². The van der Waals surface area contributed by atoms with Crippen LogP contribution in [0.15, 0.2) is 12.3 Å². The van der Waals surface area contributed by atoms with Gasteiger partial charge in [0.15, 0.2) is 0 Å². The predicted octanol–water partition coefficient (Wildman–Crippen LogP) is 3.29. The average molecular weight is 183 g/mol. The van der Waals surface area contributed by atoms with Gasteiger partial charge in [0.1, 0.15) is 0 Å². The summed E-state index contributed by atoms with van der Waals surface area (Å²) in [5.74, 6) is 0.574. The molecule has 9 heavy (non-hydrogen) atoms. The predicted molar refractivity (Wildman–Crippen MR) is 47.3 cm³/mol. The summed E-state index contributed by atoms with van der Waals surface area (Å²) in [6.45, 7) is 5.77. The Kier molecular flexibility index (Phi) is 3.86. The molecule has 0 N–H and O–H groups in total. The summed E-state index contributed by atoms with van der Waals surface area (Å²) >= 11 is 11.8. The Labute approximate surface area is 67.3 Å². The summed E-state index contributed by atoms with van der Waals surface area (Å²) in [4.78, 5) is 0. The molecule has 0 nitrogen and oxygen atoms in total. The molecule has 0 atom stereocenters. The van der Waals surface area contributed by atoms with Crippen LogP contribution in [-0.4, -0.2) is 6.69 Å². The van der Waals surface area contributed by atoms with Crippen LogP contribution in [0, 0.1) is 5.92 Å². The standard InChI is InChI=1S/C6H12Cl2Si/c1-4-9(7,8)5-6(2)3/h4,6H,1,5H2,2-3H3. The summed E-state index contributed by atoms with van der Waals surface area (Å²) in [6, 6.07) is 0.902. The van der Waals surface area contributed by atoms with Gasteiger partial charge in [-0.25, -0.2) is 0 Å². The number of halogens is 2. The van der Waals surface area contributed by atoms with Crippen molar-refractivity contribution in [2.24, 2.45) is 5.92 Å². The molecule has 0 aromatic rings. The summed E-state index contributed by atoms with van der Waals surface area (Å²) in [5, 5.41) is 0. The molecule has 0 aliphatic heterocycles. The topological polar surface area (TPSA) is 0 Å². The van der Waals surface area contributed by atoms with Crippen LogP contribution in [0.1, 0.15) is 13.8 Å². The van der Waals surface area contributed by atoms with Gasteiger partial charge < -0.3 is 0 Å². The van der Waals surface area contributed by atoms with Crippen LogP contribution >= 0.6 is 22.2 Å². The van der Waals surface area contributed by atoms with Crippen LogP contribution in [0.25, 0.3) is 0 Å². The molecule has 0 spiro atoms. The molecule has 0 saturated heterocycles. The smallest absolute Gasteiger partial charge is 0.140 e. The molecule has 0 aromatic heterocycles. The highest BCUT2D eigenvalue weighted by Crippen LogP contribution is 2.25. The second kappa shape index (κ2) is 3.64. The maximum atomic E-state index is 5.90. The Balaban J connectivity index is 3.71. The molecule has 0 aliphatic rings. The van der Waals surface area contributed by atoms with E-state index in [1.165, 1.54) is 0 Å². The number of hydrogen-bond donors (Lipinski definition) is 0. The van der Waals surface area contributed by atoms with Crippen LogP contribution < -0.4 is 0 Å². The van der Waals surface area contributed by atoms with Crippen molar-refractivity contribution in [2.45, 2.75) is 19.9 Å². The summed E-state index contributed by atoms with van der Waals surface area (Å²) < 4.78 is 0. The Hall–Kier alpha value is 0.537. The lowest BCUT2D eigenvalue weighted by molar-refractivity contribution is 0.729. The third-order valence-corrected chi connectivity index (χ3v) is 4.79. The van der Waals surface area contributed by atoms with Crippen LogP contribution in [0.4, 0.5) is 0 Å². The van der Waals surface area contributed by atoms with Crippen molar-refractivity contribution in [3.05, 3.63) is 12.3 Å². The van der Waals surface area contributed by atoms with Crippen molar-refractivity contribution < 1.29 is 0 Å². The van der Waals surface area contributed by atoms with Crippen molar-refractivity contribution in [2.75, 3.05) is 0 Å². The average Bonchev–Trinajstić information content (AvgIpc) is 1.63. The van der Waals surface area contributed by atoms with Gasteiger partial charge in [-0.2, -0.15) is 0 Å². The molecule has 0 heterocycles. The van der Waals surface area contributed by atoms with Gasteiger partial charge in [0.05, 0.1) is 0 Å². The summed E-state index contributed by atoms with van der Waals surface area (Å²) in [6.07, 6.45) is 0. The molecule has 0 saturated carbocycles.